The Morgan fingerprint density at radius 1 is 1.05 bits per heavy atom. The van der Waals surface area contributed by atoms with Crippen molar-refractivity contribution < 1.29 is 13.6 Å². The van der Waals surface area contributed by atoms with Gasteiger partial charge in [-0.05, 0) is 25.0 Å². The highest BCUT2D eigenvalue weighted by atomic mass is 35.5. The fourth-order valence-corrected chi connectivity index (χ4v) is 3.96. The van der Waals surface area contributed by atoms with Gasteiger partial charge in [-0.2, -0.15) is 0 Å². The number of hydrogen-bond acceptors (Lipinski definition) is 3. The van der Waals surface area contributed by atoms with Crippen molar-refractivity contribution in [2.24, 2.45) is 0 Å². The molecule has 21 heavy (non-hydrogen) atoms. The molecule has 1 unspecified atom stereocenters. The van der Waals surface area contributed by atoms with Gasteiger partial charge >= 0.3 is 7.60 Å². The Hall–Kier alpha value is -0.500. The van der Waals surface area contributed by atoms with Crippen molar-refractivity contribution in [2.75, 3.05) is 12.8 Å². The first-order valence-corrected chi connectivity index (χ1v) is 9.89. The average Bonchev–Trinajstić information content (AvgIpc) is 2.48. The summed E-state index contributed by atoms with van der Waals surface area (Å²) in [6.45, 7) is 4.69. The molecule has 0 saturated heterocycles. The summed E-state index contributed by atoms with van der Waals surface area (Å²) in [7, 11) is -3.12. The highest BCUT2D eigenvalue weighted by Gasteiger charge is 2.26. The molecule has 0 saturated carbocycles. The third-order valence-corrected chi connectivity index (χ3v) is 5.37. The second-order valence-electron chi connectivity index (χ2n) is 5.10. The Balaban J connectivity index is 2.60. The number of unbranched alkanes of at least 4 members (excludes halogenated alkanes) is 4. The monoisotopic (exact) mass is 332 g/mol. The van der Waals surface area contributed by atoms with Crippen molar-refractivity contribution in [3.8, 4) is 5.75 Å². The van der Waals surface area contributed by atoms with Crippen LogP contribution in [0.25, 0.3) is 0 Å². The lowest BCUT2D eigenvalue weighted by atomic mass is 10.2. The van der Waals surface area contributed by atoms with Crippen LogP contribution < -0.4 is 4.52 Å². The van der Waals surface area contributed by atoms with Gasteiger partial charge in [0.25, 0.3) is 0 Å². The lowest BCUT2D eigenvalue weighted by Gasteiger charge is -2.20. The third-order valence-electron chi connectivity index (χ3n) is 3.15. The summed E-state index contributed by atoms with van der Waals surface area (Å²) >= 11 is 6.07. The minimum atomic E-state index is -3.12. The van der Waals surface area contributed by atoms with Gasteiger partial charge in [-0.1, -0.05) is 63.3 Å². The van der Waals surface area contributed by atoms with E-state index in [0.29, 0.717) is 23.5 Å². The highest BCUT2D eigenvalue weighted by molar-refractivity contribution is 7.54. The second kappa shape index (κ2) is 10.3. The molecular formula is C16H26ClO3P. The minimum absolute atomic E-state index is 0.433. The molecule has 1 atom stereocenters. The SMILES string of the molecule is CCCCCCOP(=O)(CCCC)Oc1ccccc1Cl. The summed E-state index contributed by atoms with van der Waals surface area (Å²) in [5.41, 5.74) is 0. The maximum Gasteiger partial charge on any atom is 0.379 e. The fraction of sp³-hybridized carbons (Fsp3) is 0.625. The van der Waals surface area contributed by atoms with Crippen molar-refractivity contribution in [2.45, 2.75) is 52.4 Å². The Morgan fingerprint density at radius 2 is 1.76 bits per heavy atom. The summed E-state index contributed by atoms with van der Waals surface area (Å²) in [5.74, 6) is 0.437. The molecule has 1 aromatic carbocycles. The van der Waals surface area contributed by atoms with E-state index in [1.165, 1.54) is 12.8 Å². The largest absolute Gasteiger partial charge is 0.423 e. The van der Waals surface area contributed by atoms with Crippen LogP contribution in [0.5, 0.6) is 5.75 Å². The van der Waals surface area contributed by atoms with Crippen LogP contribution in [0.15, 0.2) is 24.3 Å². The Bertz CT molecular complexity index is 451. The normalized spacial score (nSPS) is 13.9. The second-order valence-corrected chi connectivity index (χ2v) is 7.62. The molecule has 0 N–H and O–H groups in total. The average molecular weight is 333 g/mol. The summed E-state index contributed by atoms with van der Waals surface area (Å²) in [6, 6.07) is 7.08. The summed E-state index contributed by atoms with van der Waals surface area (Å²) in [4.78, 5) is 0. The number of halogens is 1. The van der Waals surface area contributed by atoms with Crippen LogP contribution in [0.4, 0.5) is 0 Å². The first-order chi connectivity index (χ1) is 10.1. The molecule has 0 aliphatic carbocycles. The topological polar surface area (TPSA) is 35.5 Å². The van der Waals surface area contributed by atoms with Gasteiger partial charge in [0.1, 0.15) is 5.75 Å². The third kappa shape index (κ3) is 7.35. The van der Waals surface area contributed by atoms with Gasteiger partial charge in [0.05, 0.1) is 17.8 Å². The van der Waals surface area contributed by atoms with Crippen LogP contribution in [0, 0.1) is 0 Å². The molecule has 0 aliphatic rings. The maximum atomic E-state index is 12.8. The Labute approximate surface area is 133 Å². The van der Waals surface area contributed by atoms with E-state index in [4.69, 9.17) is 20.6 Å². The zero-order valence-electron chi connectivity index (χ0n) is 13.0. The minimum Gasteiger partial charge on any atom is -0.423 e. The molecule has 0 aromatic heterocycles. The smallest absolute Gasteiger partial charge is 0.379 e. The van der Waals surface area contributed by atoms with Crippen molar-refractivity contribution in [1.29, 1.82) is 0 Å². The molecule has 0 radical (unpaired) electrons. The molecule has 120 valence electrons. The van der Waals surface area contributed by atoms with Crippen molar-refractivity contribution in [1.82, 2.24) is 0 Å². The van der Waals surface area contributed by atoms with Gasteiger partial charge in [0.2, 0.25) is 0 Å². The van der Waals surface area contributed by atoms with Gasteiger partial charge in [0.15, 0.2) is 0 Å². The van der Waals surface area contributed by atoms with E-state index in [1.807, 2.05) is 12.1 Å². The molecule has 0 fully saturated rings. The molecule has 0 heterocycles. The van der Waals surface area contributed by atoms with Crippen LogP contribution >= 0.6 is 19.2 Å². The molecule has 0 amide bonds. The van der Waals surface area contributed by atoms with Crippen LogP contribution in [0.1, 0.15) is 52.4 Å². The Kier molecular flexibility index (Phi) is 9.07. The molecule has 5 heteroatoms. The van der Waals surface area contributed by atoms with E-state index in [9.17, 15) is 4.57 Å². The first kappa shape index (κ1) is 18.5. The highest BCUT2D eigenvalue weighted by Crippen LogP contribution is 2.50. The molecule has 3 nitrogen and oxygen atoms in total. The first-order valence-electron chi connectivity index (χ1n) is 7.79. The van der Waals surface area contributed by atoms with Crippen LogP contribution in [-0.2, 0) is 9.09 Å². The van der Waals surface area contributed by atoms with Gasteiger partial charge in [0, 0.05) is 0 Å². The lowest BCUT2D eigenvalue weighted by molar-refractivity contribution is 0.257. The lowest BCUT2D eigenvalue weighted by Crippen LogP contribution is -2.04. The van der Waals surface area contributed by atoms with E-state index in [-0.39, 0.29) is 0 Å². The quantitative estimate of drug-likeness (QED) is 0.352. The van der Waals surface area contributed by atoms with Gasteiger partial charge in [-0.15, -0.1) is 0 Å². The molecule has 0 spiro atoms. The maximum absolute atomic E-state index is 12.8. The Morgan fingerprint density at radius 3 is 2.43 bits per heavy atom. The van der Waals surface area contributed by atoms with E-state index < -0.39 is 7.60 Å². The van der Waals surface area contributed by atoms with E-state index in [0.717, 1.165) is 25.7 Å². The summed E-state index contributed by atoms with van der Waals surface area (Å²) in [6.07, 6.45) is 6.55. The van der Waals surface area contributed by atoms with Gasteiger partial charge < -0.3 is 4.52 Å². The molecule has 1 rings (SSSR count). The van der Waals surface area contributed by atoms with E-state index in [1.54, 1.807) is 12.1 Å². The van der Waals surface area contributed by atoms with Crippen molar-refractivity contribution in [3.05, 3.63) is 29.3 Å². The van der Waals surface area contributed by atoms with Crippen LogP contribution in [-0.4, -0.2) is 12.8 Å². The number of rotatable bonds is 11. The fourth-order valence-electron chi connectivity index (χ4n) is 1.89. The number of hydrogen-bond donors (Lipinski definition) is 0. The van der Waals surface area contributed by atoms with E-state index >= 15 is 0 Å². The number of benzene rings is 1. The summed E-state index contributed by atoms with van der Waals surface area (Å²) in [5, 5.41) is 0.462. The zero-order chi connectivity index (χ0) is 15.6. The van der Waals surface area contributed by atoms with Crippen LogP contribution in [0.2, 0.25) is 5.02 Å². The van der Waals surface area contributed by atoms with Gasteiger partial charge in [-0.25, -0.2) is 4.57 Å². The molecule has 0 aliphatic heterocycles. The van der Waals surface area contributed by atoms with Crippen molar-refractivity contribution >= 4 is 19.2 Å². The number of para-hydroxylation sites is 1. The van der Waals surface area contributed by atoms with Crippen molar-refractivity contribution in [3.63, 3.8) is 0 Å². The molecule has 0 bridgehead atoms. The predicted molar refractivity (Wildman–Crippen MR) is 89.6 cm³/mol. The summed E-state index contributed by atoms with van der Waals surface area (Å²) < 4.78 is 24.1. The van der Waals surface area contributed by atoms with E-state index in [2.05, 4.69) is 13.8 Å². The standard InChI is InChI=1S/C16H26ClO3P/c1-3-5-7-10-13-19-21(18,14-6-4-2)20-16-12-9-8-11-15(16)17/h8-9,11-12H,3-7,10,13-14H2,1-2H3. The van der Waals surface area contributed by atoms with Gasteiger partial charge in [-0.3, -0.25) is 4.52 Å². The zero-order valence-corrected chi connectivity index (χ0v) is 14.7. The van der Waals surface area contributed by atoms with Crippen LogP contribution in [0.3, 0.4) is 0 Å². The molecule has 1 aromatic rings. The predicted octanol–water partition coefficient (Wildman–Crippen LogP) is 6.31. The molecular weight excluding hydrogens is 307 g/mol.